The molecule has 120 valence electrons. The molecule has 1 fully saturated rings. The fourth-order valence-electron chi connectivity index (χ4n) is 2.64. The standard InChI is InChI=1S/C15H29N5O/c1-13(14(2)20-6-4-5-17-20)16-11-15(21)12-19-9-7-18(3)8-10-19/h4-6,13-16,21H,7-12H2,1-3H3. The molecule has 0 aromatic carbocycles. The third-order valence-electron chi connectivity index (χ3n) is 4.41. The highest BCUT2D eigenvalue weighted by Gasteiger charge is 2.19. The Balaban J connectivity index is 1.67. The van der Waals surface area contributed by atoms with Gasteiger partial charge < -0.3 is 15.3 Å². The minimum absolute atomic E-state index is 0.270. The number of aromatic nitrogens is 2. The largest absolute Gasteiger partial charge is 0.390 e. The third-order valence-corrected chi connectivity index (χ3v) is 4.41. The van der Waals surface area contributed by atoms with Gasteiger partial charge in [0.15, 0.2) is 0 Å². The lowest BCUT2D eigenvalue weighted by molar-refractivity contribution is 0.0777. The summed E-state index contributed by atoms with van der Waals surface area (Å²) in [6.45, 7) is 9.93. The molecule has 2 N–H and O–H groups in total. The monoisotopic (exact) mass is 295 g/mol. The van der Waals surface area contributed by atoms with Crippen LogP contribution in [0.5, 0.6) is 0 Å². The minimum Gasteiger partial charge on any atom is -0.390 e. The van der Waals surface area contributed by atoms with Crippen molar-refractivity contribution in [3.05, 3.63) is 18.5 Å². The normalized spacial score (nSPS) is 22.1. The van der Waals surface area contributed by atoms with Gasteiger partial charge in [-0.2, -0.15) is 5.10 Å². The summed E-state index contributed by atoms with van der Waals surface area (Å²) in [5.74, 6) is 0. The summed E-state index contributed by atoms with van der Waals surface area (Å²) in [6.07, 6.45) is 3.45. The van der Waals surface area contributed by atoms with E-state index in [1.165, 1.54) is 0 Å². The summed E-state index contributed by atoms with van der Waals surface area (Å²) in [7, 11) is 2.15. The SMILES string of the molecule is CC(NCC(O)CN1CCN(C)CC1)C(C)n1cccn1. The highest BCUT2D eigenvalue weighted by Crippen LogP contribution is 2.09. The summed E-state index contributed by atoms with van der Waals surface area (Å²) in [6, 6.07) is 2.48. The zero-order chi connectivity index (χ0) is 15.2. The van der Waals surface area contributed by atoms with Gasteiger partial charge in [0.05, 0.1) is 12.1 Å². The lowest BCUT2D eigenvalue weighted by Gasteiger charge is -2.34. The molecule has 6 nitrogen and oxygen atoms in total. The van der Waals surface area contributed by atoms with Crippen LogP contribution in [0.25, 0.3) is 0 Å². The maximum atomic E-state index is 10.2. The van der Waals surface area contributed by atoms with Crippen LogP contribution in [0.1, 0.15) is 19.9 Å². The fourth-order valence-corrected chi connectivity index (χ4v) is 2.64. The lowest BCUT2D eigenvalue weighted by atomic mass is 10.1. The zero-order valence-electron chi connectivity index (χ0n) is 13.4. The van der Waals surface area contributed by atoms with Crippen molar-refractivity contribution in [3.8, 4) is 0 Å². The number of nitrogens with one attached hydrogen (secondary N) is 1. The number of rotatable bonds is 7. The molecule has 3 unspecified atom stereocenters. The van der Waals surface area contributed by atoms with Gasteiger partial charge in [0.25, 0.3) is 0 Å². The first-order valence-electron chi connectivity index (χ1n) is 7.87. The smallest absolute Gasteiger partial charge is 0.0791 e. The van der Waals surface area contributed by atoms with Crippen LogP contribution >= 0.6 is 0 Å². The van der Waals surface area contributed by atoms with Crippen LogP contribution in [0, 0.1) is 0 Å². The van der Waals surface area contributed by atoms with Crippen molar-refractivity contribution in [1.29, 1.82) is 0 Å². The van der Waals surface area contributed by atoms with Crippen molar-refractivity contribution in [2.45, 2.75) is 32.0 Å². The number of aliphatic hydroxyl groups excluding tert-OH is 1. The summed E-state index contributed by atoms with van der Waals surface area (Å²) >= 11 is 0. The second kappa shape index (κ2) is 7.89. The molecule has 6 heteroatoms. The summed E-state index contributed by atoms with van der Waals surface area (Å²) in [5.41, 5.74) is 0. The quantitative estimate of drug-likeness (QED) is 0.743. The van der Waals surface area contributed by atoms with E-state index in [0.717, 1.165) is 32.7 Å². The van der Waals surface area contributed by atoms with Crippen LogP contribution in [0.15, 0.2) is 18.5 Å². The second-order valence-corrected chi connectivity index (χ2v) is 6.18. The van der Waals surface area contributed by atoms with Crippen LogP contribution in [0.3, 0.4) is 0 Å². The van der Waals surface area contributed by atoms with Crippen molar-refractivity contribution >= 4 is 0 Å². The highest BCUT2D eigenvalue weighted by atomic mass is 16.3. The first kappa shape index (κ1) is 16.4. The highest BCUT2D eigenvalue weighted by molar-refractivity contribution is 4.84. The first-order valence-corrected chi connectivity index (χ1v) is 7.87. The molecule has 0 aliphatic carbocycles. The molecule has 0 bridgehead atoms. The second-order valence-electron chi connectivity index (χ2n) is 6.18. The molecular weight excluding hydrogens is 266 g/mol. The van der Waals surface area contributed by atoms with Gasteiger partial charge in [-0.15, -0.1) is 0 Å². The average molecular weight is 295 g/mol. The number of likely N-dealkylation sites (N-methyl/N-ethyl adjacent to an activating group) is 1. The van der Waals surface area contributed by atoms with E-state index in [9.17, 15) is 5.11 Å². The summed E-state index contributed by atoms with van der Waals surface area (Å²) in [5, 5.41) is 17.9. The Bertz CT molecular complexity index is 389. The molecule has 1 saturated heterocycles. The van der Waals surface area contributed by atoms with Crippen molar-refractivity contribution in [3.63, 3.8) is 0 Å². The number of β-amino-alcohol motifs (C(OH)–C–C–N with tert-alkyl or cyclic N) is 1. The molecule has 2 heterocycles. The van der Waals surface area contributed by atoms with E-state index in [1.807, 2.05) is 16.9 Å². The molecule has 1 aliphatic heterocycles. The Morgan fingerprint density at radius 1 is 1.24 bits per heavy atom. The van der Waals surface area contributed by atoms with E-state index in [4.69, 9.17) is 0 Å². The number of nitrogens with zero attached hydrogens (tertiary/aromatic N) is 4. The van der Waals surface area contributed by atoms with E-state index in [1.54, 1.807) is 6.20 Å². The molecule has 1 aromatic heterocycles. The molecule has 0 saturated carbocycles. The molecule has 0 amide bonds. The van der Waals surface area contributed by atoms with E-state index in [2.05, 4.69) is 41.1 Å². The van der Waals surface area contributed by atoms with Crippen molar-refractivity contribution in [2.75, 3.05) is 46.3 Å². The molecule has 1 aromatic rings. The van der Waals surface area contributed by atoms with Crippen molar-refractivity contribution in [1.82, 2.24) is 24.9 Å². The maximum absolute atomic E-state index is 10.2. The number of piperazine rings is 1. The van der Waals surface area contributed by atoms with Crippen LogP contribution in [-0.4, -0.2) is 83.1 Å². The summed E-state index contributed by atoms with van der Waals surface area (Å²) in [4.78, 5) is 4.67. The van der Waals surface area contributed by atoms with Crippen molar-refractivity contribution in [2.24, 2.45) is 0 Å². The van der Waals surface area contributed by atoms with Crippen molar-refractivity contribution < 1.29 is 5.11 Å². The van der Waals surface area contributed by atoms with Crippen LogP contribution in [0.2, 0.25) is 0 Å². The predicted octanol–water partition coefficient (Wildman–Crippen LogP) is 0.0305. The van der Waals surface area contributed by atoms with E-state index >= 15 is 0 Å². The van der Waals surface area contributed by atoms with E-state index in [0.29, 0.717) is 6.54 Å². The number of hydrogen-bond acceptors (Lipinski definition) is 5. The van der Waals surface area contributed by atoms with E-state index < -0.39 is 0 Å². The maximum Gasteiger partial charge on any atom is 0.0791 e. The lowest BCUT2D eigenvalue weighted by Crippen LogP contribution is -2.49. The molecule has 0 radical (unpaired) electrons. The first-order chi connectivity index (χ1) is 10.1. The van der Waals surface area contributed by atoms with Gasteiger partial charge in [-0.05, 0) is 27.0 Å². The molecule has 21 heavy (non-hydrogen) atoms. The van der Waals surface area contributed by atoms with Gasteiger partial charge in [0.1, 0.15) is 0 Å². The Hall–Kier alpha value is -0.950. The Morgan fingerprint density at radius 3 is 2.57 bits per heavy atom. The number of aliphatic hydroxyl groups is 1. The molecule has 2 rings (SSSR count). The fraction of sp³-hybridized carbons (Fsp3) is 0.800. The molecule has 3 atom stereocenters. The van der Waals surface area contributed by atoms with Gasteiger partial charge in [0, 0.05) is 57.7 Å². The Kier molecular flexibility index (Phi) is 6.17. The zero-order valence-corrected chi connectivity index (χ0v) is 13.4. The molecular formula is C15H29N5O. The van der Waals surface area contributed by atoms with Gasteiger partial charge >= 0.3 is 0 Å². The topological polar surface area (TPSA) is 56.6 Å². The van der Waals surface area contributed by atoms with E-state index in [-0.39, 0.29) is 18.2 Å². The Labute approximate surface area is 127 Å². The van der Waals surface area contributed by atoms with Crippen LogP contribution < -0.4 is 5.32 Å². The predicted molar refractivity (Wildman–Crippen MR) is 84.3 cm³/mol. The van der Waals surface area contributed by atoms with Crippen LogP contribution in [-0.2, 0) is 0 Å². The molecule has 1 aliphatic rings. The van der Waals surface area contributed by atoms with Gasteiger partial charge in [-0.1, -0.05) is 0 Å². The van der Waals surface area contributed by atoms with Gasteiger partial charge in [-0.3, -0.25) is 9.58 Å². The van der Waals surface area contributed by atoms with Gasteiger partial charge in [0.2, 0.25) is 0 Å². The molecule has 0 spiro atoms. The summed E-state index contributed by atoms with van der Waals surface area (Å²) < 4.78 is 1.95. The van der Waals surface area contributed by atoms with Crippen LogP contribution in [0.4, 0.5) is 0 Å². The minimum atomic E-state index is -0.319. The third kappa shape index (κ3) is 5.07. The van der Waals surface area contributed by atoms with Gasteiger partial charge in [-0.25, -0.2) is 0 Å². The Morgan fingerprint density at radius 2 is 1.95 bits per heavy atom. The average Bonchev–Trinajstić information content (AvgIpc) is 3.00. The number of hydrogen-bond donors (Lipinski definition) is 2.